The lowest BCUT2D eigenvalue weighted by atomic mass is 9.99. The fraction of sp³-hybridized carbons (Fsp3) is 0. The fourth-order valence-electron chi connectivity index (χ4n) is 7.88. The van der Waals surface area contributed by atoms with Gasteiger partial charge in [-0.3, -0.25) is 0 Å². The van der Waals surface area contributed by atoms with Crippen molar-refractivity contribution in [2.45, 2.75) is 0 Å². The van der Waals surface area contributed by atoms with Crippen LogP contribution in [0.1, 0.15) is 0 Å². The van der Waals surface area contributed by atoms with Crippen LogP contribution in [0.5, 0.6) is 0 Å². The molecule has 0 saturated carbocycles. The predicted molar refractivity (Wildman–Crippen MR) is 207 cm³/mol. The van der Waals surface area contributed by atoms with Crippen LogP contribution < -0.4 is 4.90 Å². The van der Waals surface area contributed by atoms with Gasteiger partial charge in [-0.25, -0.2) is 0 Å². The van der Waals surface area contributed by atoms with E-state index in [1.165, 1.54) is 54.4 Å². The summed E-state index contributed by atoms with van der Waals surface area (Å²) in [5.41, 5.74) is 10.5. The van der Waals surface area contributed by atoms with Crippen molar-refractivity contribution < 1.29 is 0 Å². The van der Waals surface area contributed by atoms with Gasteiger partial charge in [-0.2, -0.15) is 0 Å². The number of nitrogens with zero attached hydrogens (tertiary/aromatic N) is 3. The molecule has 0 unspecified atom stereocenters. The van der Waals surface area contributed by atoms with Crippen LogP contribution in [-0.2, 0) is 0 Å². The molecule has 0 amide bonds. The second-order valence-corrected chi connectivity index (χ2v) is 12.6. The molecule has 0 fully saturated rings. The van der Waals surface area contributed by atoms with Gasteiger partial charge in [0.05, 0.1) is 22.1 Å². The highest BCUT2D eigenvalue weighted by molar-refractivity contribution is 6.36. The molecule has 49 heavy (non-hydrogen) atoms. The highest BCUT2D eigenvalue weighted by Crippen LogP contribution is 2.47. The van der Waals surface area contributed by atoms with E-state index < -0.39 is 0 Å². The van der Waals surface area contributed by atoms with Crippen LogP contribution in [0.3, 0.4) is 0 Å². The lowest BCUT2D eigenvalue weighted by Crippen LogP contribution is -2.10. The van der Waals surface area contributed by atoms with Crippen molar-refractivity contribution in [2.75, 3.05) is 4.90 Å². The zero-order chi connectivity index (χ0) is 32.3. The Morgan fingerprint density at radius 1 is 0.306 bits per heavy atom. The summed E-state index contributed by atoms with van der Waals surface area (Å²) < 4.78 is 4.95. The van der Waals surface area contributed by atoms with E-state index in [0.717, 1.165) is 28.4 Å². The minimum Gasteiger partial charge on any atom is -0.310 e. The Hall–Kier alpha value is -6.58. The van der Waals surface area contributed by atoms with Crippen molar-refractivity contribution in [3.8, 4) is 11.4 Å². The molecule has 0 radical (unpaired) electrons. The van der Waals surface area contributed by atoms with E-state index in [1.807, 2.05) is 0 Å². The summed E-state index contributed by atoms with van der Waals surface area (Å²) in [6, 6.07) is 67.7. The van der Waals surface area contributed by atoms with Gasteiger partial charge in [0, 0.05) is 55.4 Å². The van der Waals surface area contributed by atoms with Gasteiger partial charge in [-0.15, -0.1) is 0 Å². The summed E-state index contributed by atoms with van der Waals surface area (Å²) in [4.78, 5) is 2.34. The second-order valence-electron chi connectivity index (χ2n) is 12.6. The Labute approximate surface area is 284 Å². The van der Waals surface area contributed by atoms with Gasteiger partial charge < -0.3 is 14.0 Å². The Morgan fingerprint density at radius 2 is 0.755 bits per heavy atom. The van der Waals surface area contributed by atoms with Crippen molar-refractivity contribution in [1.29, 1.82) is 0 Å². The average Bonchev–Trinajstić information content (AvgIpc) is 3.70. The summed E-state index contributed by atoms with van der Waals surface area (Å²) in [5.74, 6) is 0. The molecular weight excluding hydrogens is 595 g/mol. The molecule has 0 aliphatic heterocycles. The van der Waals surface area contributed by atoms with Gasteiger partial charge in [0.1, 0.15) is 0 Å². The van der Waals surface area contributed by atoms with Crippen LogP contribution in [-0.4, -0.2) is 9.13 Å². The van der Waals surface area contributed by atoms with Crippen molar-refractivity contribution in [3.63, 3.8) is 0 Å². The molecule has 0 bridgehead atoms. The second kappa shape index (κ2) is 11.0. The predicted octanol–water partition coefficient (Wildman–Crippen LogP) is 12.5. The third kappa shape index (κ3) is 4.16. The Bertz CT molecular complexity index is 2770. The van der Waals surface area contributed by atoms with Crippen LogP contribution in [0, 0.1) is 0 Å². The van der Waals surface area contributed by atoms with E-state index in [0.29, 0.717) is 0 Å². The van der Waals surface area contributed by atoms with Crippen molar-refractivity contribution >= 4 is 71.4 Å². The molecule has 2 aromatic heterocycles. The topological polar surface area (TPSA) is 13.1 Å². The highest BCUT2D eigenvalue weighted by Gasteiger charge is 2.24. The molecule has 0 aliphatic rings. The van der Waals surface area contributed by atoms with Gasteiger partial charge in [0.2, 0.25) is 0 Å². The number of benzene rings is 8. The van der Waals surface area contributed by atoms with Crippen LogP contribution >= 0.6 is 0 Å². The molecule has 3 nitrogen and oxygen atoms in total. The number of para-hydroxylation sites is 5. The number of hydrogen-bond donors (Lipinski definition) is 0. The Kier molecular flexibility index (Phi) is 6.18. The van der Waals surface area contributed by atoms with Crippen molar-refractivity contribution in [1.82, 2.24) is 9.13 Å². The normalized spacial score (nSPS) is 11.7. The molecule has 0 saturated heterocycles. The van der Waals surface area contributed by atoms with Gasteiger partial charge >= 0.3 is 0 Å². The molecule has 0 atom stereocenters. The van der Waals surface area contributed by atoms with Gasteiger partial charge in [-0.1, -0.05) is 121 Å². The quantitative estimate of drug-likeness (QED) is 0.185. The summed E-state index contributed by atoms with van der Waals surface area (Å²) in [6.07, 6.45) is 0. The number of rotatable bonds is 5. The number of aromatic nitrogens is 2. The summed E-state index contributed by atoms with van der Waals surface area (Å²) in [5, 5.41) is 7.54. The monoisotopic (exact) mass is 625 g/mol. The molecule has 0 spiro atoms. The molecule has 0 aliphatic carbocycles. The molecule has 2 heterocycles. The fourth-order valence-corrected chi connectivity index (χ4v) is 7.88. The third-order valence-corrected chi connectivity index (χ3v) is 9.83. The smallest absolute Gasteiger partial charge is 0.0647 e. The highest BCUT2D eigenvalue weighted by atomic mass is 15.1. The van der Waals surface area contributed by atoms with Crippen molar-refractivity contribution in [2.24, 2.45) is 0 Å². The third-order valence-electron chi connectivity index (χ3n) is 9.83. The molecule has 10 rings (SSSR count). The van der Waals surface area contributed by atoms with E-state index in [9.17, 15) is 0 Å². The molecule has 0 N–H and O–H groups in total. The van der Waals surface area contributed by atoms with Gasteiger partial charge in [0.15, 0.2) is 0 Å². The van der Waals surface area contributed by atoms with E-state index in [1.54, 1.807) is 0 Å². The van der Waals surface area contributed by atoms with E-state index >= 15 is 0 Å². The van der Waals surface area contributed by atoms with Crippen LogP contribution in [0.4, 0.5) is 17.1 Å². The van der Waals surface area contributed by atoms with Gasteiger partial charge in [-0.05, 0) is 72.1 Å². The summed E-state index contributed by atoms with van der Waals surface area (Å²) in [7, 11) is 0. The SMILES string of the molecule is c1ccc(N(c2ccccc2)c2cccc(-n3c4ccccc4c4c5ccccc5c5c(c6ccccc6n5-c5ccccc5)c43)c2)cc1. The minimum absolute atomic E-state index is 1.10. The zero-order valence-corrected chi connectivity index (χ0v) is 26.7. The maximum Gasteiger partial charge on any atom is 0.0647 e. The molecular formula is C46H31N3. The first-order chi connectivity index (χ1) is 24.4. The van der Waals surface area contributed by atoms with Crippen LogP contribution in [0.25, 0.3) is 65.8 Å². The first-order valence-electron chi connectivity index (χ1n) is 16.8. The first kappa shape index (κ1) is 27.5. The maximum atomic E-state index is 2.50. The number of anilines is 3. The lowest BCUT2D eigenvalue weighted by molar-refractivity contribution is 1.17. The van der Waals surface area contributed by atoms with Crippen LogP contribution in [0.2, 0.25) is 0 Å². The van der Waals surface area contributed by atoms with E-state index in [2.05, 4.69) is 202 Å². The molecule has 8 aromatic carbocycles. The first-order valence-corrected chi connectivity index (χ1v) is 16.8. The molecule has 10 aromatic rings. The maximum absolute atomic E-state index is 2.50. The number of fused-ring (bicyclic) bond motifs is 10. The molecule has 3 heteroatoms. The van der Waals surface area contributed by atoms with E-state index in [-0.39, 0.29) is 0 Å². The summed E-state index contributed by atoms with van der Waals surface area (Å²) >= 11 is 0. The largest absolute Gasteiger partial charge is 0.310 e. The average molecular weight is 626 g/mol. The summed E-state index contributed by atoms with van der Waals surface area (Å²) in [6.45, 7) is 0. The number of hydrogen-bond acceptors (Lipinski definition) is 1. The van der Waals surface area contributed by atoms with Crippen LogP contribution in [0.15, 0.2) is 188 Å². The van der Waals surface area contributed by atoms with E-state index in [4.69, 9.17) is 0 Å². The Morgan fingerprint density at radius 3 is 1.39 bits per heavy atom. The molecule has 230 valence electrons. The lowest BCUT2D eigenvalue weighted by Gasteiger charge is -2.26. The zero-order valence-electron chi connectivity index (χ0n) is 26.7. The Balaban J connectivity index is 1.37. The van der Waals surface area contributed by atoms with Crippen molar-refractivity contribution in [3.05, 3.63) is 188 Å². The van der Waals surface area contributed by atoms with Gasteiger partial charge in [0.25, 0.3) is 0 Å². The minimum atomic E-state index is 1.10. The standard InChI is InChI=1S/C46H31N3/c1-4-17-32(18-5-1)47(33-19-6-2-7-20-33)35-23-16-24-36(31-35)49-41-29-14-12-27-39(41)43-37-25-10-11-26-38(37)45-44(46(43)49)40-28-13-15-30-42(40)48(45)34-21-8-3-9-22-34/h1-31H.